The predicted octanol–water partition coefficient (Wildman–Crippen LogP) is 26.6. The third-order valence-corrected chi connectivity index (χ3v) is 18.4. The van der Waals surface area contributed by atoms with Gasteiger partial charge in [0.2, 0.25) is 0 Å². The normalized spacial score (nSPS) is 13.4. The van der Waals surface area contributed by atoms with Crippen LogP contribution in [-0.2, 0) is 32.7 Å². The molecular formula is C83H150NO8P. The molecule has 0 aromatic carbocycles. The number of carbonyl (C=O) groups is 2. The zero-order chi connectivity index (χ0) is 67.2. The summed E-state index contributed by atoms with van der Waals surface area (Å²) < 4.78 is 33.3. The molecule has 0 fully saturated rings. The fourth-order valence-corrected chi connectivity index (χ4v) is 12.4. The highest BCUT2D eigenvalue weighted by molar-refractivity contribution is 7.47. The number of carbonyl (C=O) groups excluding carboxylic acids is 2. The van der Waals surface area contributed by atoms with Crippen LogP contribution in [0.1, 0.15) is 386 Å². The van der Waals surface area contributed by atoms with Crippen molar-refractivity contribution < 1.29 is 37.6 Å². The Morgan fingerprint density at radius 2 is 0.591 bits per heavy atom. The Labute approximate surface area is 576 Å². The predicted molar refractivity (Wildman–Crippen MR) is 404 cm³/mol. The van der Waals surface area contributed by atoms with Crippen molar-refractivity contribution in [2.75, 3.05) is 26.4 Å². The molecule has 2 unspecified atom stereocenters. The molecule has 0 aromatic heterocycles. The molecule has 0 aromatic rings. The van der Waals surface area contributed by atoms with Crippen LogP contribution in [0.3, 0.4) is 0 Å². The van der Waals surface area contributed by atoms with Gasteiger partial charge in [-0.3, -0.25) is 18.6 Å². The van der Waals surface area contributed by atoms with E-state index in [-0.39, 0.29) is 38.6 Å². The third kappa shape index (κ3) is 77.8. The minimum absolute atomic E-state index is 0.0535. The van der Waals surface area contributed by atoms with Crippen molar-refractivity contribution in [3.05, 3.63) is 97.2 Å². The summed E-state index contributed by atoms with van der Waals surface area (Å²) in [6.07, 6.45) is 107. The Hall–Kier alpha value is -3.07. The van der Waals surface area contributed by atoms with E-state index < -0.39 is 26.5 Å². The highest BCUT2D eigenvalue weighted by Gasteiger charge is 2.26. The molecule has 540 valence electrons. The van der Waals surface area contributed by atoms with Crippen LogP contribution in [0.2, 0.25) is 0 Å². The molecule has 0 radical (unpaired) electrons. The molecule has 93 heavy (non-hydrogen) atoms. The second kappa shape index (κ2) is 77.9. The van der Waals surface area contributed by atoms with Gasteiger partial charge in [-0.15, -0.1) is 0 Å². The van der Waals surface area contributed by atoms with Crippen LogP contribution in [0.4, 0.5) is 0 Å². The number of esters is 2. The van der Waals surface area contributed by atoms with E-state index >= 15 is 0 Å². The van der Waals surface area contributed by atoms with Gasteiger partial charge in [0.1, 0.15) is 6.61 Å². The average molecular weight is 1320 g/mol. The third-order valence-electron chi connectivity index (χ3n) is 17.5. The SMILES string of the molecule is CC/C=C\C/C=C\C/C=C\C/C=C\C/C=C\CCCCCCCCCCCCCCCCCCCCCCCCCC(=O)OC(COC(=O)CCCCCCCCCCCCCCCCCCCC/C=C\C/C=C\C/C=C\CCCCCCC)COP(=O)(O)OCCN. The highest BCUT2D eigenvalue weighted by atomic mass is 31.2. The zero-order valence-electron chi connectivity index (χ0n) is 61.0. The first-order valence-corrected chi connectivity index (χ1v) is 41.2. The van der Waals surface area contributed by atoms with Crippen molar-refractivity contribution >= 4 is 19.8 Å². The summed E-state index contributed by atoms with van der Waals surface area (Å²) in [5, 5.41) is 0. The smallest absolute Gasteiger partial charge is 0.462 e. The molecule has 0 aliphatic rings. The molecule has 0 bridgehead atoms. The van der Waals surface area contributed by atoms with Crippen molar-refractivity contribution in [1.29, 1.82) is 0 Å². The number of hydrogen-bond acceptors (Lipinski definition) is 8. The first kappa shape index (κ1) is 89.9. The van der Waals surface area contributed by atoms with Crippen molar-refractivity contribution in [3.8, 4) is 0 Å². The lowest BCUT2D eigenvalue weighted by molar-refractivity contribution is -0.161. The van der Waals surface area contributed by atoms with E-state index in [1.807, 2.05) is 0 Å². The van der Waals surface area contributed by atoms with E-state index in [0.29, 0.717) is 6.42 Å². The summed E-state index contributed by atoms with van der Waals surface area (Å²) >= 11 is 0. The molecule has 0 heterocycles. The Kier molecular flexibility index (Phi) is 75.4. The van der Waals surface area contributed by atoms with Crippen LogP contribution in [0.15, 0.2) is 97.2 Å². The van der Waals surface area contributed by atoms with Crippen molar-refractivity contribution in [1.82, 2.24) is 0 Å². The Balaban J connectivity index is 3.78. The molecule has 0 saturated heterocycles. The van der Waals surface area contributed by atoms with Gasteiger partial charge in [-0.25, -0.2) is 4.57 Å². The molecule has 0 saturated carbocycles. The lowest BCUT2D eigenvalue weighted by Gasteiger charge is -2.19. The molecule has 0 amide bonds. The van der Waals surface area contributed by atoms with E-state index in [1.165, 1.54) is 276 Å². The van der Waals surface area contributed by atoms with Gasteiger partial charge in [0.15, 0.2) is 6.10 Å². The van der Waals surface area contributed by atoms with E-state index in [4.69, 9.17) is 24.3 Å². The summed E-state index contributed by atoms with van der Waals surface area (Å²) in [7, 11) is -4.40. The summed E-state index contributed by atoms with van der Waals surface area (Å²) in [6.45, 7) is 3.68. The summed E-state index contributed by atoms with van der Waals surface area (Å²) in [6, 6.07) is 0. The monoisotopic (exact) mass is 1320 g/mol. The largest absolute Gasteiger partial charge is 0.472 e. The van der Waals surface area contributed by atoms with Gasteiger partial charge in [0, 0.05) is 19.4 Å². The summed E-state index contributed by atoms with van der Waals surface area (Å²) in [5.74, 6) is -0.809. The van der Waals surface area contributed by atoms with Crippen molar-refractivity contribution in [2.24, 2.45) is 5.73 Å². The molecule has 0 spiro atoms. The number of ether oxygens (including phenoxy) is 2. The second-order valence-electron chi connectivity index (χ2n) is 26.6. The maximum Gasteiger partial charge on any atom is 0.472 e. The number of allylic oxidation sites excluding steroid dienone is 16. The fraction of sp³-hybridized carbons (Fsp3) is 0.783. The molecule has 0 aliphatic carbocycles. The molecule has 2 atom stereocenters. The maximum absolute atomic E-state index is 12.8. The van der Waals surface area contributed by atoms with Crippen molar-refractivity contribution in [3.63, 3.8) is 0 Å². The topological polar surface area (TPSA) is 134 Å². The Morgan fingerprint density at radius 1 is 0.333 bits per heavy atom. The minimum Gasteiger partial charge on any atom is -0.462 e. The molecule has 0 rings (SSSR count). The number of nitrogens with two attached hydrogens (primary N) is 1. The molecule has 9 nitrogen and oxygen atoms in total. The number of phosphoric ester groups is 1. The van der Waals surface area contributed by atoms with Crippen LogP contribution in [-0.4, -0.2) is 49.3 Å². The zero-order valence-corrected chi connectivity index (χ0v) is 61.9. The van der Waals surface area contributed by atoms with Crippen LogP contribution in [0.5, 0.6) is 0 Å². The number of phosphoric acid groups is 1. The van der Waals surface area contributed by atoms with E-state index in [1.54, 1.807) is 0 Å². The van der Waals surface area contributed by atoms with Gasteiger partial charge in [0.25, 0.3) is 0 Å². The lowest BCUT2D eigenvalue weighted by Crippen LogP contribution is -2.29. The van der Waals surface area contributed by atoms with Gasteiger partial charge >= 0.3 is 19.8 Å². The first-order valence-electron chi connectivity index (χ1n) is 39.7. The van der Waals surface area contributed by atoms with Gasteiger partial charge in [-0.2, -0.15) is 0 Å². The molecular weight excluding hydrogens is 1170 g/mol. The number of rotatable bonds is 75. The van der Waals surface area contributed by atoms with Gasteiger partial charge in [0.05, 0.1) is 13.2 Å². The van der Waals surface area contributed by atoms with Crippen molar-refractivity contribution in [2.45, 2.75) is 392 Å². The van der Waals surface area contributed by atoms with E-state index in [9.17, 15) is 19.0 Å². The summed E-state index contributed by atoms with van der Waals surface area (Å²) in [5.41, 5.74) is 5.42. The van der Waals surface area contributed by atoms with Gasteiger partial charge in [-0.05, 0) is 96.3 Å². The Morgan fingerprint density at radius 3 is 0.882 bits per heavy atom. The number of unbranched alkanes of at least 4 members (excludes halogenated alkanes) is 46. The van der Waals surface area contributed by atoms with Crippen LogP contribution in [0, 0.1) is 0 Å². The minimum atomic E-state index is -4.40. The summed E-state index contributed by atoms with van der Waals surface area (Å²) in [4.78, 5) is 35.5. The molecule has 10 heteroatoms. The quantitative estimate of drug-likeness (QED) is 0.0264. The number of hydrogen-bond donors (Lipinski definition) is 2. The van der Waals surface area contributed by atoms with Crippen LogP contribution < -0.4 is 5.73 Å². The first-order chi connectivity index (χ1) is 45.8. The Bertz CT molecular complexity index is 1850. The van der Waals surface area contributed by atoms with Crippen LogP contribution >= 0.6 is 7.82 Å². The standard InChI is InChI=1S/C83H150NO8P/c1-3-5-7-9-11-13-15-17-19-21-23-25-27-29-31-33-35-37-38-39-40-41-42-44-46-48-50-52-54-56-58-60-62-64-66-68-70-72-74-76-83(86)92-81(80-91-93(87,88)90-78-77-84)79-89-82(85)75-73-71-69-67-65-63-61-59-57-55-53-51-49-47-45-43-36-34-32-30-28-26-24-22-20-18-16-14-12-10-8-6-4-2/h5,7,11,13,16-19,22-25,28-31,81H,3-4,6,8-10,12,14-15,20-21,26-27,32-80,84H2,1-2H3,(H,87,88)/b7-5-,13-11-,18-16-,19-17-,24-22-,25-23-,30-28-,31-29-. The van der Waals surface area contributed by atoms with Crippen LogP contribution in [0.25, 0.3) is 0 Å². The maximum atomic E-state index is 12.8. The average Bonchev–Trinajstić information content (AvgIpc) is 3.60. The van der Waals surface area contributed by atoms with E-state index in [2.05, 4.69) is 111 Å². The molecule has 0 aliphatic heterocycles. The van der Waals surface area contributed by atoms with Gasteiger partial charge < -0.3 is 20.1 Å². The lowest BCUT2D eigenvalue weighted by atomic mass is 10.0. The van der Waals surface area contributed by atoms with E-state index in [0.717, 1.165) is 77.0 Å². The van der Waals surface area contributed by atoms with Gasteiger partial charge in [-0.1, -0.05) is 374 Å². The molecule has 3 N–H and O–H groups in total. The second-order valence-corrected chi connectivity index (χ2v) is 28.0. The fourth-order valence-electron chi connectivity index (χ4n) is 11.6. The highest BCUT2D eigenvalue weighted by Crippen LogP contribution is 2.43.